The zero-order valence-corrected chi connectivity index (χ0v) is 10.9. The first-order valence-corrected chi connectivity index (χ1v) is 6.57. The Morgan fingerprint density at radius 3 is 2.65 bits per heavy atom. The molecule has 3 heteroatoms. The van der Waals surface area contributed by atoms with Gasteiger partial charge in [-0.15, -0.1) is 11.8 Å². The van der Waals surface area contributed by atoms with Gasteiger partial charge in [0.1, 0.15) is 5.76 Å². The molecule has 2 aromatic rings. The molecule has 1 heterocycles. The first-order chi connectivity index (χ1) is 8.16. The van der Waals surface area contributed by atoms with Crippen molar-refractivity contribution in [3.05, 3.63) is 54.0 Å². The van der Waals surface area contributed by atoms with E-state index in [1.165, 1.54) is 10.5 Å². The van der Waals surface area contributed by atoms with Crippen molar-refractivity contribution in [1.29, 1.82) is 0 Å². The summed E-state index contributed by atoms with van der Waals surface area (Å²) in [6.45, 7) is 4.10. The standard InChI is InChI=1S/C14H17NOS/c1-10-5-3-6-12(9-10)17-14(11(2)15)13-7-4-8-16-13/h3-9,11,14H,15H2,1-2H3. The summed E-state index contributed by atoms with van der Waals surface area (Å²) >= 11 is 1.75. The molecule has 0 aliphatic heterocycles. The van der Waals surface area contributed by atoms with Crippen molar-refractivity contribution in [2.24, 2.45) is 5.73 Å². The third kappa shape index (κ3) is 3.14. The molecule has 0 spiro atoms. The van der Waals surface area contributed by atoms with Crippen LogP contribution in [0.5, 0.6) is 0 Å². The average Bonchev–Trinajstić information content (AvgIpc) is 2.78. The van der Waals surface area contributed by atoms with E-state index in [2.05, 4.69) is 31.2 Å². The van der Waals surface area contributed by atoms with Gasteiger partial charge in [-0.3, -0.25) is 0 Å². The first kappa shape index (κ1) is 12.3. The van der Waals surface area contributed by atoms with E-state index in [4.69, 9.17) is 10.2 Å². The predicted molar refractivity (Wildman–Crippen MR) is 72.1 cm³/mol. The Morgan fingerprint density at radius 1 is 1.24 bits per heavy atom. The first-order valence-electron chi connectivity index (χ1n) is 5.69. The summed E-state index contributed by atoms with van der Waals surface area (Å²) in [4.78, 5) is 1.23. The Balaban J connectivity index is 2.19. The SMILES string of the molecule is Cc1cccc(SC(c2ccco2)C(C)N)c1. The van der Waals surface area contributed by atoms with Crippen LogP contribution in [0.3, 0.4) is 0 Å². The minimum atomic E-state index is 0.0478. The normalized spacial score (nSPS) is 14.5. The predicted octanol–water partition coefficient (Wildman–Crippen LogP) is 3.77. The molecule has 1 aromatic carbocycles. The second-order valence-corrected chi connectivity index (χ2v) is 5.44. The maximum atomic E-state index is 6.03. The number of rotatable bonds is 4. The second kappa shape index (κ2) is 5.43. The molecule has 0 amide bonds. The van der Waals surface area contributed by atoms with Crippen LogP contribution in [0.4, 0.5) is 0 Å². The second-order valence-electron chi connectivity index (χ2n) is 4.23. The van der Waals surface area contributed by atoms with Crippen LogP contribution in [-0.4, -0.2) is 6.04 Å². The number of aryl methyl sites for hydroxylation is 1. The van der Waals surface area contributed by atoms with Gasteiger partial charge in [0, 0.05) is 10.9 Å². The molecular formula is C14H17NOS. The van der Waals surface area contributed by atoms with Gasteiger partial charge < -0.3 is 10.2 Å². The van der Waals surface area contributed by atoms with Gasteiger partial charge in [0.05, 0.1) is 11.5 Å². The van der Waals surface area contributed by atoms with E-state index < -0.39 is 0 Å². The molecule has 0 saturated heterocycles. The lowest BCUT2D eigenvalue weighted by Crippen LogP contribution is -2.22. The van der Waals surface area contributed by atoms with Crippen LogP contribution in [0.15, 0.2) is 52.0 Å². The number of thioether (sulfide) groups is 1. The van der Waals surface area contributed by atoms with Crippen molar-refractivity contribution in [1.82, 2.24) is 0 Å². The summed E-state index contributed by atoms with van der Waals surface area (Å²) in [6, 6.07) is 12.4. The number of hydrogen-bond acceptors (Lipinski definition) is 3. The summed E-state index contributed by atoms with van der Waals surface area (Å²) < 4.78 is 5.46. The summed E-state index contributed by atoms with van der Waals surface area (Å²) in [5, 5.41) is 0.159. The minimum absolute atomic E-state index is 0.0478. The summed E-state index contributed by atoms with van der Waals surface area (Å²) in [7, 11) is 0. The van der Waals surface area contributed by atoms with Crippen LogP contribution in [0, 0.1) is 6.92 Å². The van der Waals surface area contributed by atoms with Crippen LogP contribution < -0.4 is 5.73 Å². The van der Waals surface area contributed by atoms with Gasteiger partial charge >= 0.3 is 0 Å². The molecule has 0 aliphatic rings. The Bertz CT molecular complexity index is 465. The van der Waals surface area contributed by atoms with Crippen LogP contribution in [0.1, 0.15) is 23.5 Å². The van der Waals surface area contributed by atoms with E-state index in [1.54, 1.807) is 18.0 Å². The average molecular weight is 247 g/mol. The van der Waals surface area contributed by atoms with Crippen molar-refractivity contribution < 1.29 is 4.42 Å². The van der Waals surface area contributed by atoms with Gasteiger partial charge in [0.25, 0.3) is 0 Å². The molecule has 0 radical (unpaired) electrons. The Labute approximate surface area is 106 Å². The Kier molecular flexibility index (Phi) is 3.92. The van der Waals surface area contributed by atoms with E-state index in [1.807, 2.05) is 19.1 Å². The number of benzene rings is 1. The molecule has 0 saturated carbocycles. The van der Waals surface area contributed by atoms with Crippen LogP contribution in [0.2, 0.25) is 0 Å². The minimum Gasteiger partial charge on any atom is -0.468 e. The van der Waals surface area contributed by atoms with Gasteiger partial charge in [0.15, 0.2) is 0 Å². The highest BCUT2D eigenvalue weighted by atomic mass is 32.2. The molecule has 2 rings (SSSR count). The lowest BCUT2D eigenvalue weighted by Gasteiger charge is -2.18. The lowest BCUT2D eigenvalue weighted by molar-refractivity contribution is 0.487. The molecule has 17 heavy (non-hydrogen) atoms. The van der Waals surface area contributed by atoms with Crippen molar-refractivity contribution in [3.63, 3.8) is 0 Å². The smallest absolute Gasteiger partial charge is 0.118 e. The third-order valence-electron chi connectivity index (χ3n) is 2.55. The highest BCUT2D eigenvalue weighted by Crippen LogP contribution is 2.37. The number of furan rings is 1. The Hall–Kier alpha value is -1.19. The molecule has 2 atom stereocenters. The lowest BCUT2D eigenvalue weighted by atomic mass is 10.2. The highest BCUT2D eigenvalue weighted by molar-refractivity contribution is 7.99. The molecule has 0 bridgehead atoms. The molecular weight excluding hydrogens is 230 g/mol. The Morgan fingerprint density at radius 2 is 2.06 bits per heavy atom. The zero-order chi connectivity index (χ0) is 12.3. The fourth-order valence-corrected chi connectivity index (χ4v) is 2.88. The molecule has 2 N–H and O–H groups in total. The molecule has 0 fully saturated rings. The van der Waals surface area contributed by atoms with Crippen LogP contribution >= 0.6 is 11.8 Å². The van der Waals surface area contributed by atoms with Gasteiger partial charge in [-0.1, -0.05) is 17.7 Å². The van der Waals surface area contributed by atoms with Crippen molar-refractivity contribution in [2.75, 3.05) is 0 Å². The van der Waals surface area contributed by atoms with Crippen molar-refractivity contribution in [3.8, 4) is 0 Å². The van der Waals surface area contributed by atoms with Gasteiger partial charge in [-0.2, -0.15) is 0 Å². The molecule has 2 unspecified atom stereocenters. The van der Waals surface area contributed by atoms with Crippen molar-refractivity contribution >= 4 is 11.8 Å². The molecule has 90 valence electrons. The fraction of sp³-hybridized carbons (Fsp3) is 0.286. The van der Waals surface area contributed by atoms with E-state index in [0.29, 0.717) is 0 Å². The van der Waals surface area contributed by atoms with E-state index in [-0.39, 0.29) is 11.3 Å². The maximum absolute atomic E-state index is 6.03. The molecule has 1 aromatic heterocycles. The zero-order valence-electron chi connectivity index (χ0n) is 10.1. The third-order valence-corrected chi connectivity index (χ3v) is 4.00. The van der Waals surface area contributed by atoms with Gasteiger partial charge in [-0.05, 0) is 38.1 Å². The maximum Gasteiger partial charge on any atom is 0.118 e. The van der Waals surface area contributed by atoms with Gasteiger partial charge in [0.2, 0.25) is 0 Å². The van der Waals surface area contributed by atoms with E-state index >= 15 is 0 Å². The quantitative estimate of drug-likeness (QED) is 0.836. The van der Waals surface area contributed by atoms with Crippen LogP contribution in [-0.2, 0) is 0 Å². The molecule has 2 nitrogen and oxygen atoms in total. The monoisotopic (exact) mass is 247 g/mol. The van der Waals surface area contributed by atoms with Gasteiger partial charge in [-0.25, -0.2) is 0 Å². The van der Waals surface area contributed by atoms with E-state index in [0.717, 1.165) is 5.76 Å². The summed E-state index contributed by atoms with van der Waals surface area (Å²) in [6.07, 6.45) is 1.70. The molecule has 0 aliphatic carbocycles. The number of hydrogen-bond donors (Lipinski definition) is 1. The summed E-state index contributed by atoms with van der Waals surface area (Å²) in [5.41, 5.74) is 7.29. The fourth-order valence-electron chi connectivity index (χ4n) is 1.71. The van der Waals surface area contributed by atoms with Crippen LogP contribution in [0.25, 0.3) is 0 Å². The summed E-state index contributed by atoms with van der Waals surface area (Å²) in [5.74, 6) is 0.937. The highest BCUT2D eigenvalue weighted by Gasteiger charge is 2.20. The largest absolute Gasteiger partial charge is 0.468 e. The topological polar surface area (TPSA) is 39.2 Å². The van der Waals surface area contributed by atoms with Crippen molar-refractivity contribution in [2.45, 2.75) is 30.0 Å². The number of nitrogens with two attached hydrogens (primary N) is 1. The van der Waals surface area contributed by atoms with E-state index in [9.17, 15) is 0 Å².